The van der Waals surface area contributed by atoms with Crippen molar-refractivity contribution in [2.45, 2.75) is 77.4 Å². The van der Waals surface area contributed by atoms with Crippen LogP contribution in [0.2, 0.25) is 23.2 Å². The van der Waals surface area contributed by atoms with Crippen LogP contribution in [0.3, 0.4) is 0 Å². The quantitative estimate of drug-likeness (QED) is 0.605. The summed E-state index contributed by atoms with van der Waals surface area (Å²) in [6, 6.07) is 5.93. The van der Waals surface area contributed by atoms with Gasteiger partial charge in [-0.2, -0.15) is 10.4 Å². The van der Waals surface area contributed by atoms with Crippen molar-refractivity contribution in [3.8, 4) is 6.07 Å². The number of nitriles is 1. The first-order valence-electron chi connectivity index (χ1n) is 10.4. The molecule has 5 nitrogen and oxygen atoms in total. The third-order valence-electron chi connectivity index (χ3n) is 6.56. The zero-order chi connectivity index (χ0) is 21.6. The average Bonchev–Trinajstić information content (AvgIpc) is 3.17. The highest BCUT2D eigenvalue weighted by molar-refractivity contribution is 6.74. The molecule has 0 radical (unpaired) electrons. The number of hydrogen-bond donors (Lipinski definition) is 0. The van der Waals surface area contributed by atoms with Gasteiger partial charge < -0.3 is 9.16 Å². The van der Waals surface area contributed by atoms with E-state index in [1.807, 2.05) is 19.9 Å². The molecule has 0 aliphatic carbocycles. The fourth-order valence-corrected chi connectivity index (χ4v) is 5.47. The maximum absolute atomic E-state index is 9.26. The minimum Gasteiger partial charge on any atom is -0.412 e. The first-order chi connectivity index (χ1) is 13.5. The third kappa shape index (κ3) is 3.98. The number of hydrazone groups is 1. The van der Waals surface area contributed by atoms with E-state index in [9.17, 15) is 5.26 Å². The molecule has 1 aromatic rings. The summed E-state index contributed by atoms with van der Waals surface area (Å²) in [6.07, 6.45) is 0.896. The van der Waals surface area contributed by atoms with Crippen LogP contribution < -0.4 is 0 Å². The molecular formula is C22H32ClN3O2Si. The van der Waals surface area contributed by atoms with Crippen LogP contribution in [-0.4, -0.2) is 50.4 Å². The molecule has 3 atom stereocenters. The topological polar surface area (TPSA) is 57.8 Å². The van der Waals surface area contributed by atoms with Crippen LogP contribution in [0.1, 0.15) is 50.8 Å². The summed E-state index contributed by atoms with van der Waals surface area (Å²) in [5.41, 5.74) is 3.20. The number of ether oxygens (including phenoxy) is 1. The van der Waals surface area contributed by atoms with Crippen LogP contribution in [0, 0.1) is 18.3 Å². The Labute approximate surface area is 180 Å². The molecule has 0 amide bonds. The van der Waals surface area contributed by atoms with E-state index >= 15 is 0 Å². The minimum absolute atomic E-state index is 0.0768. The van der Waals surface area contributed by atoms with E-state index in [4.69, 9.17) is 25.9 Å². The normalized spacial score (nSPS) is 24.4. The summed E-state index contributed by atoms with van der Waals surface area (Å²) < 4.78 is 13.0. The maximum atomic E-state index is 9.26. The molecule has 0 N–H and O–H groups in total. The molecule has 3 rings (SSSR count). The molecule has 158 valence electrons. The van der Waals surface area contributed by atoms with E-state index < -0.39 is 8.32 Å². The summed E-state index contributed by atoms with van der Waals surface area (Å²) in [5.74, 6) is 0. The zero-order valence-electron chi connectivity index (χ0n) is 18.5. The Kier molecular flexibility index (Phi) is 6.17. The molecule has 1 fully saturated rings. The Balaban J connectivity index is 1.94. The van der Waals surface area contributed by atoms with Gasteiger partial charge in [-0.15, -0.1) is 0 Å². The van der Waals surface area contributed by atoms with Gasteiger partial charge in [-0.05, 0) is 50.0 Å². The van der Waals surface area contributed by atoms with Crippen molar-refractivity contribution >= 4 is 25.6 Å². The van der Waals surface area contributed by atoms with E-state index in [2.05, 4.69) is 44.9 Å². The van der Waals surface area contributed by atoms with Crippen molar-refractivity contribution in [3.05, 3.63) is 33.8 Å². The number of fused-ring (bicyclic) bond motifs is 1. The van der Waals surface area contributed by atoms with Gasteiger partial charge in [0, 0.05) is 18.7 Å². The van der Waals surface area contributed by atoms with Crippen LogP contribution in [0.25, 0.3) is 0 Å². The average molecular weight is 434 g/mol. The van der Waals surface area contributed by atoms with Crippen molar-refractivity contribution in [1.82, 2.24) is 5.01 Å². The van der Waals surface area contributed by atoms with E-state index in [0.717, 1.165) is 29.8 Å². The molecule has 0 spiro atoms. The van der Waals surface area contributed by atoms with Crippen LogP contribution in [0.5, 0.6) is 0 Å². The standard InChI is InChI=1S/C22H32ClN3O2Si/c1-8-27-21-19(16-10-9-15(13-24)18(23)14(16)2)25-26-12-11-17(20(21)26)28-29(6,7)22(3,4)5/h9-10,17,20-21H,8,11-12H2,1-7H3/t17-,20-,21+/m0/s1. The SMILES string of the molecule is CCO[C@@H]1C(c2ccc(C#N)c(Cl)c2C)=NN2CC[C@H](O[Si](C)(C)C(C)(C)C)[C@@H]12. The highest BCUT2D eigenvalue weighted by Crippen LogP contribution is 2.42. The van der Waals surface area contributed by atoms with Gasteiger partial charge in [-0.1, -0.05) is 38.4 Å². The summed E-state index contributed by atoms with van der Waals surface area (Å²) in [4.78, 5) is 0. The Morgan fingerprint density at radius 1 is 1.34 bits per heavy atom. The second kappa shape index (κ2) is 8.03. The summed E-state index contributed by atoms with van der Waals surface area (Å²) in [5, 5.41) is 17.0. The molecule has 0 aromatic heterocycles. The fraction of sp³-hybridized carbons (Fsp3) is 0.636. The highest BCUT2D eigenvalue weighted by atomic mass is 35.5. The maximum Gasteiger partial charge on any atom is 0.192 e. The van der Waals surface area contributed by atoms with Crippen molar-refractivity contribution in [2.75, 3.05) is 13.2 Å². The number of rotatable bonds is 5. The minimum atomic E-state index is -1.91. The Morgan fingerprint density at radius 2 is 2.03 bits per heavy atom. The lowest BCUT2D eigenvalue weighted by Gasteiger charge is -2.40. The van der Waals surface area contributed by atoms with Crippen LogP contribution in [-0.2, 0) is 9.16 Å². The molecule has 1 saturated heterocycles. The Bertz CT molecular complexity index is 857. The van der Waals surface area contributed by atoms with Gasteiger partial charge in [0.25, 0.3) is 0 Å². The van der Waals surface area contributed by atoms with Crippen molar-refractivity contribution in [1.29, 1.82) is 5.26 Å². The van der Waals surface area contributed by atoms with Gasteiger partial charge in [-0.25, -0.2) is 0 Å². The largest absolute Gasteiger partial charge is 0.412 e. The smallest absolute Gasteiger partial charge is 0.192 e. The summed E-state index contributed by atoms with van der Waals surface area (Å²) in [6.45, 7) is 16.8. The number of halogens is 1. The molecular weight excluding hydrogens is 402 g/mol. The van der Waals surface area contributed by atoms with Gasteiger partial charge in [0.1, 0.15) is 18.2 Å². The molecule has 2 heterocycles. The number of nitrogens with zero attached hydrogens (tertiary/aromatic N) is 3. The second-order valence-electron chi connectivity index (χ2n) is 9.43. The second-order valence-corrected chi connectivity index (χ2v) is 14.6. The molecule has 2 aliphatic heterocycles. The summed E-state index contributed by atoms with van der Waals surface area (Å²) >= 11 is 6.44. The molecule has 0 saturated carbocycles. The fourth-order valence-electron chi connectivity index (χ4n) is 3.89. The van der Waals surface area contributed by atoms with E-state index in [-0.39, 0.29) is 23.3 Å². The molecule has 0 bridgehead atoms. The molecule has 0 unspecified atom stereocenters. The van der Waals surface area contributed by atoms with Gasteiger partial charge in [0.15, 0.2) is 8.32 Å². The zero-order valence-corrected chi connectivity index (χ0v) is 20.3. The molecule has 7 heteroatoms. The predicted molar refractivity (Wildman–Crippen MR) is 120 cm³/mol. The van der Waals surface area contributed by atoms with E-state index in [1.54, 1.807) is 6.07 Å². The van der Waals surface area contributed by atoms with Gasteiger partial charge in [0.05, 0.1) is 22.4 Å². The van der Waals surface area contributed by atoms with Crippen molar-refractivity contribution < 1.29 is 9.16 Å². The number of benzene rings is 1. The van der Waals surface area contributed by atoms with Gasteiger partial charge in [-0.3, -0.25) is 5.01 Å². The van der Waals surface area contributed by atoms with Crippen LogP contribution in [0.4, 0.5) is 0 Å². The molecule has 1 aromatic carbocycles. The monoisotopic (exact) mass is 433 g/mol. The number of hydrogen-bond acceptors (Lipinski definition) is 5. The van der Waals surface area contributed by atoms with E-state index in [0.29, 0.717) is 17.2 Å². The molecule has 2 aliphatic rings. The van der Waals surface area contributed by atoms with Crippen molar-refractivity contribution in [3.63, 3.8) is 0 Å². The summed E-state index contributed by atoms with van der Waals surface area (Å²) in [7, 11) is -1.91. The lowest BCUT2D eigenvalue weighted by molar-refractivity contribution is 0.0241. The Morgan fingerprint density at radius 3 is 2.62 bits per heavy atom. The van der Waals surface area contributed by atoms with Crippen LogP contribution in [0.15, 0.2) is 17.2 Å². The van der Waals surface area contributed by atoms with Gasteiger partial charge in [0.2, 0.25) is 0 Å². The first-order valence-corrected chi connectivity index (χ1v) is 13.6. The lowest BCUT2D eigenvalue weighted by Crippen LogP contribution is -2.50. The first kappa shape index (κ1) is 22.3. The van der Waals surface area contributed by atoms with Gasteiger partial charge >= 0.3 is 0 Å². The van der Waals surface area contributed by atoms with Crippen LogP contribution >= 0.6 is 11.6 Å². The Hall–Kier alpha value is -1.39. The predicted octanol–water partition coefficient (Wildman–Crippen LogP) is 5.11. The third-order valence-corrected chi connectivity index (χ3v) is 11.6. The van der Waals surface area contributed by atoms with E-state index in [1.165, 1.54) is 0 Å². The molecule has 29 heavy (non-hydrogen) atoms. The lowest BCUT2D eigenvalue weighted by atomic mass is 9.94. The van der Waals surface area contributed by atoms with Crippen molar-refractivity contribution in [2.24, 2.45) is 5.10 Å². The highest BCUT2D eigenvalue weighted by Gasteiger charge is 2.51.